The Morgan fingerprint density at radius 3 is 2.56 bits per heavy atom. The summed E-state index contributed by atoms with van der Waals surface area (Å²) in [5.41, 5.74) is 3.00. The highest BCUT2D eigenvalue weighted by molar-refractivity contribution is 7.98. The number of benzene rings is 2. The Labute approximate surface area is 189 Å². The monoisotopic (exact) mass is 448 g/mol. The molecule has 9 heteroatoms. The largest absolute Gasteiger partial charge is 0.323 e. The van der Waals surface area contributed by atoms with Crippen molar-refractivity contribution < 1.29 is 4.79 Å². The Balaban J connectivity index is 1.37. The Morgan fingerprint density at radius 1 is 1.09 bits per heavy atom. The van der Waals surface area contributed by atoms with E-state index in [1.807, 2.05) is 69.3 Å². The number of rotatable bonds is 6. The van der Waals surface area contributed by atoms with Gasteiger partial charge in [0.1, 0.15) is 6.33 Å². The molecule has 4 rings (SSSR count). The van der Waals surface area contributed by atoms with Crippen LogP contribution in [0.2, 0.25) is 0 Å². The molecule has 0 radical (unpaired) electrons. The average molecular weight is 449 g/mol. The van der Waals surface area contributed by atoms with E-state index >= 15 is 0 Å². The highest BCUT2D eigenvalue weighted by atomic mass is 32.2. The van der Waals surface area contributed by atoms with Crippen LogP contribution in [-0.4, -0.2) is 25.2 Å². The predicted octanol–water partition coefficient (Wildman–Crippen LogP) is 4.72. The molecule has 0 spiro atoms. The van der Waals surface area contributed by atoms with Crippen LogP contribution in [0.25, 0.3) is 5.78 Å². The molecule has 2 aromatic carbocycles. The number of urea groups is 1. The number of fused-ring (bicyclic) bond motifs is 1. The zero-order chi connectivity index (χ0) is 22.7. The fourth-order valence-electron chi connectivity index (χ4n) is 3.20. The second kappa shape index (κ2) is 9.27. The summed E-state index contributed by atoms with van der Waals surface area (Å²) in [5, 5.41) is 5.68. The molecule has 0 aliphatic rings. The van der Waals surface area contributed by atoms with Crippen molar-refractivity contribution in [3.8, 4) is 0 Å². The number of hydrogen-bond acceptors (Lipinski definition) is 5. The van der Waals surface area contributed by atoms with Gasteiger partial charge in [0.15, 0.2) is 0 Å². The first-order valence-electron chi connectivity index (χ1n) is 10.2. The van der Waals surface area contributed by atoms with Gasteiger partial charge >= 0.3 is 6.03 Å². The number of anilines is 2. The zero-order valence-electron chi connectivity index (χ0n) is 18.1. The van der Waals surface area contributed by atoms with E-state index in [0.717, 1.165) is 16.1 Å². The van der Waals surface area contributed by atoms with E-state index in [0.29, 0.717) is 22.9 Å². The number of nitrogens with one attached hydrogen (secondary N) is 2. The summed E-state index contributed by atoms with van der Waals surface area (Å²) in [6, 6.07) is 16.5. The molecule has 32 heavy (non-hydrogen) atoms. The molecule has 2 heterocycles. The lowest BCUT2D eigenvalue weighted by Gasteiger charge is -2.10. The Hall–Kier alpha value is -3.59. The number of hydrogen-bond donors (Lipinski definition) is 2. The Kier molecular flexibility index (Phi) is 6.27. The second-order valence-corrected chi connectivity index (χ2v) is 8.67. The maximum absolute atomic E-state index is 12.5. The van der Waals surface area contributed by atoms with Crippen LogP contribution in [0.5, 0.6) is 0 Å². The molecule has 0 aliphatic carbocycles. The van der Waals surface area contributed by atoms with Gasteiger partial charge in [0.25, 0.3) is 11.3 Å². The van der Waals surface area contributed by atoms with Gasteiger partial charge in [-0.05, 0) is 56.7 Å². The molecule has 2 amide bonds. The van der Waals surface area contributed by atoms with E-state index in [-0.39, 0.29) is 17.6 Å². The molecule has 0 fully saturated rings. The van der Waals surface area contributed by atoms with Crippen molar-refractivity contribution in [1.29, 1.82) is 0 Å². The topological polar surface area (TPSA) is 93.3 Å². The normalized spacial score (nSPS) is 11.1. The van der Waals surface area contributed by atoms with Crippen LogP contribution >= 0.6 is 11.8 Å². The first kappa shape index (κ1) is 21.6. The predicted molar refractivity (Wildman–Crippen MR) is 127 cm³/mol. The minimum atomic E-state index is -0.293. The number of amides is 2. The third kappa shape index (κ3) is 4.83. The van der Waals surface area contributed by atoms with Crippen LogP contribution in [0.1, 0.15) is 31.1 Å². The van der Waals surface area contributed by atoms with Crippen molar-refractivity contribution in [2.24, 2.45) is 0 Å². The molecule has 0 aliphatic heterocycles. The molecule has 8 nitrogen and oxygen atoms in total. The van der Waals surface area contributed by atoms with Crippen molar-refractivity contribution in [2.45, 2.75) is 37.5 Å². The van der Waals surface area contributed by atoms with Gasteiger partial charge in [0.2, 0.25) is 0 Å². The van der Waals surface area contributed by atoms with Crippen molar-refractivity contribution >= 4 is 34.9 Å². The SMILES string of the molecule is Cc1ccccc1NC(=O)Nc1ccc(SCc2cc(=O)n3c(ncn3C(C)C)n2)cc1. The smallest absolute Gasteiger partial charge is 0.308 e. The summed E-state index contributed by atoms with van der Waals surface area (Å²) in [4.78, 5) is 34.5. The van der Waals surface area contributed by atoms with E-state index in [2.05, 4.69) is 20.6 Å². The zero-order valence-corrected chi connectivity index (χ0v) is 18.9. The molecule has 2 N–H and O–H groups in total. The molecular formula is C23H24N6O2S. The first-order chi connectivity index (χ1) is 15.4. The molecular weight excluding hydrogens is 424 g/mol. The molecule has 0 unspecified atom stereocenters. The number of carbonyl (C=O) groups excluding carboxylic acids is 1. The van der Waals surface area contributed by atoms with Crippen molar-refractivity contribution in [2.75, 3.05) is 10.6 Å². The minimum Gasteiger partial charge on any atom is -0.308 e. The number of para-hydroxylation sites is 1. The lowest BCUT2D eigenvalue weighted by molar-refractivity contribution is 0.262. The van der Waals surface area contributed by atoms with E-state index in [1.165, 1.54) is 4.52 Å². The van der Waals surface area contributed by atoms with Crippen LogP contribution in [0, 0.1) is 6.92 Å². The Bertz CT molecular complexity index is 1310. The van der Waals surface area contributed by atoms with Gasteiger partial charge in [-0.25, -0.2) is 9.78 Å². The van der Waals surface area contributed by atoms with Gasteiger partial charge < -0.3 is 10.6 Å². The molecule has 0 saturated heterocycles. The number of aromatic nitrogens is 4. The van der Waals surface area contributed by atoms with E-state index in [9.17, 15) is 9.59 Å². The quantitative estimate of drug-likeness (QED) is 0.417. The maximum Gasteiger partial charge on any atom is 0.323 e. The highest BCUT2D eigenvalue weighted by Crippen LogP contribution is 2.24. The van der Waals surface area contributed by atoms with Crippen molar-refractivity contribution in [3.63, 3.8) is 0 Å². The lowest BCUT2D eigenvalue weighted by Crippen LogP contribution is -2.22. The van der Waals surface area contributed by atoms with Crippen LogP contribution in [-0.2, 0) is 5.75 Å². The van der Waals surface area contributed by atoms with E-state index < -0.39 is 0 Å². The summed E-state index contributed by atoms with van der Waals surface area (Å²) < 4.78 is 3.25. The fraction of sp³-hybridized carbons (Fsp3) is 0.217. The summed E-state index contributed by atoms with van der Waals surface area (Å²) in [5.74, 6) is 0.946. The standard InChI is InChI=1S/C23H24N6O2S/c1-15(2)28-14-24-22-25-18(12-21(30)29(22)28)13-32-19-10-8-17(9-11-19)26-23(31)27-20-7-5-4-6-16(20)3/h4-12,14-15H,13H2,1-3H3,(H2,26,27,31). The summed E-state index contributed by atoms with van der Waals surface area (Å²) in [7, 11) is 0. The van der Waals surface area contributed by atoms with Crippen LogP contribution in [0.4, 0.5) is 16.2 Å². The van der Waals surface area contributed by atoms with Gasteiger partial charge in [0, 0.05) is 34.1 Å². The molecule has 4 aromatic rings. The summed E-state index contributed by atoms with van der Waals surface area (Å²) >= 11 is 1.56. The van der Waals surface area contributed by atoms with Crippen LogP contribution in [0.15, 0.2) is 70.6 Å². The van der Waals surface area contributed by atoms with Crippen LogP contribution in [0.3, 0.4) is 0 Å². The third-order valence-electron chi connectivity index (χ3n) is 4.88. The molecule has 0 bridgehead atoms. The number of nitrogens with zero attached hydrogens (tertiary/aromatic N) is 4. The van der Waals surface area contributed by atoms with Gasteiger partial charge in [-0.15, -0.1) is 11.8 Å². The van der Waals surface area contributed by atoms with Gasteiger partial charge in [-0.1, -0.05) is 18.2 Å². The highest BCUT2D eigenvalue weighted by Gasteiger charge is 2.11. The van der Waals surface area contributed by atoms with Crippen molar-refractivity contribution in [1.82, 2.24) is 19.2 Å². The maximum atomic E-state index is 12.5. The molecule has 0 saturated carbocycles. The minimum absolute atomic E-state index is 0.116. The molecule has 164 valence electrons. The summed E-state index contributed by atoms with van der Waals surface area (Å²) in [6.45, 7) is 5.92. The molecule has 0 atom stereocenters. The Morgan fingerprint density at radius 2 is 1.84 bits per heavy atom. The lowest BCUT2D eigenvalue weighted by atomic mass is 10.2. The second-order valence-electron chi connectivity index (χ2n) is 7.62. The molecule has 2 aromatic heterocycles. The number of thioether (sulfide) groups is 1. The average Bonchev–Trinajstić information content (AvgIpc) is 3.20. The fourth-order valence-corrected chi connectivity index (χ4v) is 3.99. The first-order valence-corrected chi connectivity index (χ1v) is 11.2. The number of carbonyl (C=O) groups is 1. The van der Waals surface area contributed by atoms with Gasteiger partial charge in [-0.3, -0.25) is 9.48 Å². The van der Waals surface area contributed by atoms with E-state index in [4.69, 9.17) is 0 Å². The number of aryl methyl sites for hydroxylation is 1. The third-order valence-corrected chi connectivity index (χ3v) is 5.92. The van der Waals surface area contributed by atoms with Crippen LogP contribution < -0.4 is 16.2 Å². The summed E-state index contributed by atoms with van der Waals surface area (Å²) in [6.07, 6.45) is 1.63. The van der Waals surface area contributed by atoms with E-state index in [1.54, 1.807) is 28.8 Å². The van der Waals surface area contributed by atoms with Gasteiger partial charge in [0.05, 0.1) is 5.69 Å². The van der Waals surface area contributed by atoms with Crippen molar-refractivity contribution in [3.05, 3.63) is 82.5 Å². The van der Waals surface area contributed by atoms with Gasteiger partial charge in [-0.2, -0.15) is 9.50 Å².